The number of aliphatic hydroxyl groups is 1. The summed E-state index contributed by atoms with van der Waals surface area (Å²) in [6.07, 6.45) is 62.4. The van der Waals surface area contributed by atoms with Gasteiger partial charge in [0.2, 0.25) is 0 Å². The van der Waals surface area contributed by atoms with Gasteiger partial charge in [-0.15, -0.1) is 0 Å². The lowest BCUT2D eigenvalue weighted by atomic mass is 10.0. The van der Waals surface area contributed by atoms with Crippen molar-refractivity contribution in [2.45, 2.75) is 431 Å². The molecule has 0 aliphatic rings. The summed E-state index contributed by atoms with van der Waals surface area (Å²) in [5.74, 6) is -2.11. The number of carbonyl (C=O) groups is 4. The maximum absolute atomic E-state index is 13.1. The van der Waals surface area contributed by atoms with Crippen LogP contribution in [-0.4, -0.2) is 96.7 Å². The largest absolute Gasteiger partial charge is 0.472 e. The van der Waals surface area contributed by atoms with Gasteiger partial charge in [0.1, 0.15) is 19.3 Å². The van der Waals surface area contributed by atoms with Crippen molar-refractivity contribution in [3.05, 3.63) is 0 Å². The smallest absolute Gasteiger partial charge is 0.462 e. The summed E-state index contributed by atoms with van der Waals surface area (Å²) >= 11 is 0. The highest BCUT2D eigenvalue weighted by Gasteiger charge is 2.30. The Balaban J connectivity index is 5.19. The molecule has 2 unspecified atom stereocenters. The molecule has 0 aliphatic heterocycles. The molecule has 0 aromatic heterocycles. The minimum Gasteiger partial charge on any atom is -0.462 e. The average Bonchev–Trinajstić information content (AvgIpc) is 1.03. The van der Waals surface area contributed by atoms with Crippen molar-refractivity contribution in [1.29, 1.82) is 0 Å². The number of esters is 4. The number of rotatable bonds is 78. The molecule has 19 heteroatoms. The Hall–Kier alpha value is -1.94. The highest BCUT2D eigenvalue weighted by Crippen LogP contribution is 2.45. The van der Waals surface area contributed by atoms with E-state index in [0.29, 0.717) is 25.7 Å². The zero-order valence-electron chi connectivity index (χ0n) is 62.4. The lowest BCUT2D eigenvalue weighted by Gasteiger charge is -2.21. The van der Waals surface area contributed by atoms with Gasteiger partial charge in [0.05, 0.1) is 26.4 Å². The van der Waals surface area contributed by atoms with Crippen molar-refractivity contribution < 1.29 is 80.2 Å². The zero-order chi connectivity index (χ0) is 70.4. The van der Waals surface area contributed by atoms with Gasteiger partial charge in [-0.05, 0) is 25.7 Å². The van der Waals surface area contributed by atoms with E-state index in [1.54, 1.807) is 0 Å². The quantitative estimate of drug-likeness (QED) is 0.0222. The molecule has 0 aromatic carbocycles. The van der Waals surface area contributed by atoms with E-state index in [1.807, 2.05) is 0 Å². The molecular weight excluding hydrogens is 1260 g/mol. The van der Waals surface area contributed by atoms with Gasteiger partial charge in [0, 0.05) is 25.7 Å². The molecule has 570 valence electrons. The topological polar surface area (TPSA) is 237 Å². The van der Waals surface area contributed by atoms with E-state index < -0.39 is 97.5 Å². The molecule has 0 saturated heterocycles. The summed E-state index contributed by atoms with van der Waals surface area (Å²) in [5.41, 5.74) is 0. The van der Waals surface area contributed by atoms with Gasteiger partial charge in [0.15, 0.2) is 12.2 Å². The van der Waals surface area contributed by atoms with Crippen molar-refractivity contribution in [2.24, 2.45) is 0 Å². The summed E-state index contributed by atoms with van der Waals surface area (Å²) < 4.78 is 68.5. The van der Waals surface area contributed by atoms with E-state index in [2.05, 4.69) is 27.7 Å². The fourth-order valence-corrected chi connectivity index (χ4v) is 13.5. The Labute approximate surface area is 588 Å². The summed E-state index contributed by atoms with van der Waals surface area (Å²) in [5, 5.41) is 10.6. The first-order valence-corrected chi connectivity index (χ1v) is 43.3. The molecule has 0 aliphatic carbocycles. The highest BCUT2D eigenvalue weighted by molar-refractivity contribution is 7.47. The predicted molar refractivity (Wildman–Crippen MR) is 391 cm³/mol. The number of ether oxygens (including phenoxy) is 4. The molecule has 0 saturated carbocycles. The van der Waals surface area contributed by atoms with Crippen LogP contribution in [0.25, 0.3) is 0 Å². The normalized spacial score (nSPS) is 13.9. The van der Waals surface area contributed by atoms with Crippen LogP contribution in [0.4, 0.5) is 0 Å². The molecule has 17 nitrogen and oxygen atoms in total. The maximum atomic E-state index is 13.1. The Kier molecular flexibility index (Phi) is 70.0. The molecule has 5 atom stereocenters. The van der Waals surface area contributed by atoms with Gasteiger partial charge in [0.25, 0.3) is 0 Å². The Morgan fingerprint density at radius 1 is 0.250 bits per heavy atom. The van der Waals surface area contributed by atoms with E-state index in [0.717, 1.165) is 89.9 Å². The molecule has 0 fully saturated rings. The number of hydrogen-bond donors (Lipinski definition) is 3. The van der Waals surface area contributed by atoms with Crippen molar-refractivity contribution in [3.8, 4) is 0 Å². The molecular formula is C77H150O17P2. The molecule has 0 heterocycles. The van der Waals surface area contributed by atoms with Crippen LogP contribution in [0.3, 0.4) is 0 Å². The number of carbonyl (C=O) groups excluding carboxylic acids is 4. The van der Waals surface area contributed by atoms with Gasteiger partial charge >= 0.3 is 39.5 Å². The lowest BCUT2D eigenvalue weighted by Crippen LogP contribution is -2.30. The molecule has 0 bridgehead atoms. The summed E-state index contributed by atoms with van der Waals surface area (Å²) in [4.78, 5) is 72.8. The zero-order valence-corrected chi connectivity index (χ0v) is 64.1. The van der Waals surface area contributed by atoms with Crippen molar-refractivity contribution in [2.75, 3.05) is 39.6 Å². The SMILES string of the molecule is CCCCCCCCCCCCCCCCCCCCCCC(=O)O[C@H](COC(=O)CCCCCCCCCCCCCCCC)COP(=O)(O)OC[C@@H](O)COP(=O)(O)OC[C@@H](COC(=O)CCCCCCCCCC)OC(=O)CCCCCCCCCCCCCCCC. The van der Waals surface area contributed by atoms with Gasteiger partial charge < -0.3 is 33.8 Å². The second-order valence-electron chi connectivity index (χ2n) is 27.7. The Morgan fingerprint density at radius 2 is 0.417 bits per heavy atom. The van der Waals surface area contributed by atoms with Crippen molar-refractivity contribution in [3.63, 3.8) is 0 Å². The fraction of sp³-hybridized carbons (Fsp3) is 0.948. The molecule has 3 N–H and O–H groups in total. The average molecular weight is 1410 g/mol. The summed E-state index contributed by atoms with van der Waals surface area (Å²) in [7, 11) is -9.91. The van der Waals surface area contributed by atoms with Gasteiger partial charge in [-0.1, -0.05) is 362 Å². The number of unbranched alkanes of at least 4 members (excludes halogenated alkanes) is 52. The van der Waals surface area contributed by atoms with E-state index in [1.165, 1.54) is 244 Å². The third-order valence-electron chi connectivity index (χ3n) is 18.1. The van der Waals surface area contributed by atoms with Gasteiger partial charge in [-0.25, -0.2) is 9.13 Å². The predicted octanol–water partition coefficient (Wildman–Crippen LogP) is 23.0. The van der Waals surface area contributed by atoms with Crippen molar-refractivity contribution in [1.82, 2.24) is 0 Å². The van der Waals surface area contributed by atoms with Crippen LogP contribution in [0, 0.1) is 0 Å². The third kappa shape index (κ3) is 70.5. The first kappa shape index (κ1) is 94.1. The molecule has 0 spiro atoms. The number of aliphatic hydroxyl groups excluding tert-OH is 1. The fourth-order valence-electron chi connectivity index (χ4n) is 11.9. The lowest BCUT2D eigenvalue weighted by molar-refractivity contribution is -0.161. The first-order valence-electron chi connectivity index (χ1n) is 40.3. The van der Waals surface area contributed by atoms with Crippen LogP contribution in [0.1, 0.15) is 413 Å². The monoisotopic (exact) mass is 1410 g/mol. The van der Waals surface area contributed by atoms with Crippen LogP contribution >= 0.6 is 15.6 Å². The van der Waals surface area contributed by atoms with Gasteiger partial charge in [-0.2, -0.15) is 0 Å². The number of phosphoric acid groups is 2. The van der Waals surface area contributed by atoms with Crippen molar-refractivity contribution >= 4 is 39.5 Å². The highest BCUT2D eigenvalue weighted by atomic mass is 31.2. The third-order valence-corrected chi connectivity index (χ3v) is 20.0. The molecule has 0 amide bonds. The molecule has 0 radical (unpaired) electrons. The molecule has 96 heavy (non-hydrogen) atoms. The first-order chi connectivity index (χ1) is 46.7. The molecule has 0 rings (SSSR count). The number of phosphoric ester groups is 2. The Bertz CT molecular complexity index is 1830. The van der Waals surface area contributed by atoms with E-state index in [-0.39, 0.29) is 25.7 Å². The molecule has 0 aromatic rings. The van der Waals surface area contributed by atoms with Gasteiger partial charge in [-0.3, -0.25) is 37.3 Å². The van der Waals surface area contributed by atoms with Crippen LogP contribution in [0.15, 0.2) is 0 Å². The standard InChI is InChI=1S/C77H150O17P2/c1-5-9-13-17-21-25-28-31-34-35-36-37-38-39-42-45-48-52-56-60-64-77(82)94-73(68-88-75(80)62-58-54-50-46-43-40-32-29-26-22-18-14-10-6-2)70-92-96(85,86)90-66-71(78)65-89-95(83,84)91-69-72(67-87-74(79)61-57-53-49-24-20-16-12-8-4)93-76(81)63-59-55-51-47-44-41-33-30-27-23-19-15-11-7-3/h71-73,78H,5-70H2,1-4H3,(H,83,84)(H,85,86)/t71-,72+,73+/m0/s1. The van der Waals surface area contributed by atoms with E-state index in [4.69, 9.17) is 37.0 Å². The minimum absolute atomic E-state index is 0.108. The van der Waals surface area contributed by atoms with Crippen LogP contribution < -0.4 is 0 Å². The second-order valence-corrected chi connectivity index (χ2v) is 30.7. The van der Waals surface area contributed by atoms with Crippen LogP contribution in [0.5, 0.6) is 0 Å². The van der Waals surface area contributed by atoms with Crippen LogP contribution in [-0.2, 0) is 65.4 Å². The maximum Gasteiger partial charge on any atom is 0.472 e. The van der Waals surface area contributed by atoms with E-state index in [9.17, 15) is 43.2 Å². The Morgan fingerprint density at radius 3 is 0.615 bits per heavy atom. The summed E-state index contributed by atoms with van der Waals surface area (Å²) in [6.45, 7) is 4.98. The summed E-state index contributed by atoms with van der Waals surface area (Å²) in [6, 6.07) is 0. The second kappa shape index (κ2) is 71.5. The van der Waals surface area contributed by atoms with Crippen LogP contribution in [0.2, 0.25) is 0 Å². The van der Waals surface area contributed by atoms with E-state index >= 15 is 0 Å². The number of hydrogen-bond acceptors (Lipinski definition) is 15. The minimum atomic E-state index is -4.96.